The Labute approximate surface area is 181 Å². The second-order valence-corrected chi connectivity index (χ2v) is 10.8. The van der Waals surface area contributed by atoms with Crippen LogP contribution in [0.3, 0.4) is 0 Å². The largest absolute Gasteiger partial charge is 0.485 e. The van der Waals surface area contributed by atoms with Crippen LogP contribution in [0.1, 0.15) is 43.9 Å². The minimum absolute atomic E-state index is 0.0516. The molecule has 2 aliphatic rings. The van der Waals surface area contributed by atoms with Gasteiger partial charge >= 0.3 is 0 Å². The maximum absolute atomic E-state index is 13.3. The van der Waals surface area contributed by atoms with Crippen LogP contribution >= 0.6 is 11.6 Å². The molecule has 0 saturated carbocycles. The molecule has 8 heteroatoms. The lowest BCUT2D eigenvalue weighted by Crippen LogP contribution is -2.53. The number of carbonyl (C=O) groups excluding carboxylic acids is 1. The zero-order chi connectivity index (χ0) is 21.8. The Kier molecular flexibility index (Phi) is 5.11. The first kappa shape index (κ1) is 21.2. The van der Waals surface area contributed by atoms with Gasteiger partial charge in [0.05, 0.1) is 15.8 Å². The van der Waals surface area contributed by atoms with Gasteiger partial charge in [-0.2, -0.15) is 0 Å². The highest BCUT2D eigenvalue weighted by Gasteiger charge is 2.47. The molecule has 0 aromatic heterocycles. The number of halogens is 1. The molecule has 1 amide bonds. The Morgan fingerprint density at radius 2 is 1.83 bits per heavy atom. The minimum Gasteiger partial charge on any atom is -0.485 e. The molecule has 1 saturated heterocycles. The Balaban J connectivity index is 1.84. The van der Waals surface area contributed by atoms with E-state index in [-0.39, 0.29) is 15.7 Å². The van der Waals surface area contributed by atoms with Gasteiger partial charge in [0, 0.05) is 23.6 Å². The van der Waals surface area contributed by atoms with Gasteiger partial charge in [-0.05, 0) is 69.2 Å². The summed E-state index contributed by atoms with van der Waals surface area (Å²) in [6.45, 7) is 5.78. The number of hydrogen-bond donors (Lipinski definition) is 1. The van der Waals surface area contributed by atoms with Gasteiger partial charge in [-0.15, -0.1) is 0 Å². The third-order valence-electron chi connectivity index (χ3n) is 5.88. The van der Waals surface area contributed by atoms with Crippen LogP contribution in [0.4, 0.5) is 0 Å². The van der Waals surface area contributed by atoms with E-state index >= 15 is 0 Å². The number of ether oxygens (including phenoxy) is 1. The Morgan fingerprint density at radius 3 is 2.47 bits per heavy atom. The number of amides is 1. The SMILES string of the molecule is Cc1cc(S(=O)(=O)c2ccc3c(c2)C(N2CCCC2=O)C(O)C(C)(C)O3)ccc1Cl. The molecule has 30 heavy (non-hydrogen) atoms. The van der Waals surface area contributed by atoms with Crippen LogP contribution in [0.15, 0.2) is 46.2 Å². The first-order valence-electron chi connectivity index (χ1n) is 9.84. The number of hydrogen-bond acceptors (Lipinski definition) is 5. The number of aliphatic hydroxyl groups is 1. The number of carbonyl (C=O) groups is 1. The standard InChI is InChI=1S/C22H24ClNO5S/c1-13-11-14(6-8-17(13)23)30(27,28)15-7-9-18-16(12-15)20(21(26)22(2,3)29-18)24-10-4-5-19(24)25/h6-9,11-12,20-21,26H,4-5,10H2,1-3H3. The fourth-order valence-corrected chi connectivity index (χ4v) is 5.63. The molecule has 0 spiro atoms. The van der Waals surface area contributed by atoms with Gasteiger partial charge in [0.2, 0.25) is 15.7 Å². The van der Waals surface area contributed by atoms with E-state index in [1.54, 1.807) is 37.8 Å². The van der Waals surface area contributed by atoms with Crippen molar-refractivity contribution in [2.75, 3.05) is 6.54 Å². The second-order valence-electron chi connectivity index (χ2n) is 8.40. The maximum Gasteiger partial charge on any atom is 0.223 e. The lowest BCUT2D eigenvalue weighted by molar-refractivity contribution is -0.139. The lowest BCUT2D eigenvalue weighted by Gasteiger charge is -2.45. The summed E-state index contributed by atoms with van der Waals surface area (Å²) in [5.41, 5.74) is 0.245. The molecule has 2 heterocycles. The summed E-state index contributed by atoms with van der Waals surface area (Å²) in [4.78, 5) is 14.3. The minimum atomic E-state index is -3.82. The Morgan fingerprint density at radius 1 is 1.17 bits per heavy atom. The molecule has 0 radical (unpaired) electrons. The molecule has 4 rings (SSSR count). The van der Waals surface area contributed by atoms with E-state index in [9.17, 15) is 18.3 Å². The van der Waals surface area contributed by atoms with Crippen LogP contribution < -0.4 is 4.74 Å². The summed E-state index contributed by atoms with van der Waals surface area (Å²) in [7, 11) is -3.82. The van der Waals surface area contributed by atoms with Crippen LogP contribution in [0.25, 0.3) is 0 Å². The van der Waals surface area contributed by atoms with Gasteiger partial charge in [0.25, 0.3) is 0 Å². The highest BCUT2D eigenvalue weighted by atomic mass is 35.5. The molecule has 1 N–H and O–H groups in total. The number of aryl methyl sites for hydroxylation is 1. The third kappa shape index (κ3) is 3.39. The van der Waals surface area contributed by atoms with Crippen LogP contribution in [-0.2, 0) is 14.6 Å². The fraction of sp³-hybridized carbons (Fsp3) is 0.409. The van der Waals surface area contributed by atoms with Gasteiger partial charge in [-0.25, -0.2) is 8.42 Å². The van der Waals surface area contributed by atoms with E-state index in [4.69, 9.17) is 16.3 Å². The number of benzene rings is 2. The molecule has 0 bridgehead atoms. The molecule has 2 aromatic carbocycles. The highest BCUT2D eigenvalue weighted by Crippen LogP contribution is 2.45. The zero-order valence-electron chi connectivity index (χ0n) is 17.1. The van der Waals surface area contributed by atoms with Crippen molar-refractivity contribution in [2.45, 2.75) is 61.2 Å². The van der Waals surface area contributed by atoms with Crippen LogP contribution in [0, 0.1) is 6.92 Å². The van der Waals surface area contributed by atoms with Gasteiger partial charge in [-0.1, -0.05) is 11.6 Å². The summed E-state index contributed by atoms with van der Waals surface area (Å²) in [6, 6.07) is 8.52. The van der Waals surface area contributed by atoms with Crippen molar-refractivity contribution < 1.29 is 23.1 Å². The van der Waals surface area contributed by atoms with Crippen molar-refractivity contribution in [1.29, 1.82) is 0 Å². The predicted molar refractivity (Wildman–Crippen MR) is 112 cm³/mol. The van der Waals surface area contributed by atoms with Crippen molar-refractivity contribution in [3.8, 4) is 5.75 Å². The average Bonchev–Trinajstić information content (AvgIpc) is 3.10. The summed E-state index contributed by atoms with van der Waals surface area (Å²) in [6.07, 6.45) is 0.130. The molecule has 2 atom stereocenters. The van der Waals surface area contributed by atoms with E-state index in [1.807, 2.05) is 0 Å². The number of aliphatic hydroxyl groups excluding tert-OH is 1. The second kappa shape index (κ2) is 7.25. The molecule has 1 fully saturated rings. The highest BCUT2D eigenvalue weighted by molar-refractivity contribution is 7.91. The number of fused-ring (bicyclic) bond motifs is 1. The normalized spacial score (nSPS) is 23.2. The van der Waals surface area contributed by atoms with E-state index in [0.29, 0.717) is 41.3 Å². The molecule has 2 aromatic rings. The van der Waals surface area contributed by atoms with Crippen LogP contribution in [0.5, 0.6) is 5.75 Å². The molecule has 2 aliphatic heterocycles. The summed E-state index contributed by atoms with van der Waals surface area (Å²) >= 11 is 6.04. The first-order chi connectivity index (χ1) is 14.0. The van der Waals surface area contributed by atoms with Gasteiger partial charge in [-0.3, -0.25) is 4.79 Å². The van der Waals surface area contributed by atoms with Gasteiger partial charge in [0.1, 0.15) is 17.5 Å². The first-order valence-corrected chi connectivity index (χ1v) is 11.7. The topological polar surface area (TPSA) is 83.9 Å². The molecular weight excluding hydrogens is 426 g/mol. The van der Waals surface area contributed by atoms with Crippen molar-refractivity contribution in [2.24, 2.45) is 0 Å². The third-order valence-corrected chi connectivity index (χ3v) is 8.05. The molecule has 160 valence electrons. The Hall–Kier alpha value is -2.09. The van der Waals surface area contributed by atoms with E-state index in [2.05, 4.69) is 0 Å². The summed E-state index contributed by atoms with van der Waals surface area (Å²) < 4.78 is 32.5. The smallest absolute Gasteiger partial charge is 0.223 e. The van der Waals surface area contributed by atoms with Crippen molar-refractivity contribution >= 4 is 27.3 Å². The summed E-state index contributed by atoms with van der Waals surface area (Å²) in [5.74, 6) is 0.422. The maximum atomic E-state index is 13.3. The molecule has 6 nitrogen and oxygen atoms in total. The number of sulfone groups is 1. The van der Waals surface area contributed by atoms with Gasteiger partial charge < -0.3 is 14.7 Å². The van der Waals surface area contributed by atoms with Crippen molar-refractivity contribution in [3.05, 3.63) is 52.5 Å². The number of likely N-dealkylation sites (tertiary alicyclic amines) is 1. The quantitative estimate of drug-likeness (QED) is 0.772. The van der Waals surface area contributed by atoms with Crippen LogP contribution in [-0.4, -0.2) is 42.6 Å². The molecule has 2 unspecified atom stereocenters. The number of rotatable bonds is 3. The van der Waals surface area contributed by atoms with E-state index < -0.39 is 27.6 Å². The lowest BCUT2D eigenvalue weighted by atomic mass is 9.85. The average molecular weight is 450 g/mol. The van der Waals surface area contributed by atoms with E-state index in [1.165, 1.54) is 24.3 Å². The summed E-state index contributed by atoms with van der Waals surface area (Å²) in [5, 5.41) is 11.5. The van der Waals surface area contributed by atoms with Crippen molar-refractivity contribution in [3.63, 3.8) is 0 Å². The Bertz CT molecular complexity index is 1130. The molecular formula is C22H24ClNO5S. The molecule has 0 aliphatic carbocycles. The number of nitrogens with zero attached hydrogens (tertiary/aromatic N) is 1. The van der Waals surface area contributed by atoms with Crippen LogP contribution in [0.2, 0.25) is 5.02 Å². The monoisotopic (exact) mass is 449 g/mol. The van der Waals surface area contributed by atoms with E-state index in [0.717, 1.165) is 0 Å². The van der Waals surface area contributed by atoms with Crippen molar-refractivity contribution in [1.82, 2.24) is 4.90 Å². The predicted octanol–water partition coefficient (Wildman–Crippen LogP) is 3.68. The fourth-order valence-electron chi connectivity index (χ4n) is 4.13. The van der Waals surface area contributed by atoms with Gasteiger partial charge in [0.15, 0.2) is 0 Å². The zero-order valence-corrected chi connectivity index (χ0v) is 18.6.